The summed E-state index contributed by atoms with van der Waals surface area (Å²) in [6.07, 6.45) is 9.22. The van der Waals surface area contributed by atoms with Crippen LogP contribution >= 0.6 is 0 Å². The van der Waals surface area contributed by atoms with Gasteiger partial charge in [-0.25, -0.2) is 24.4 Å². The van der Waals surface area contributed by atoms with E-state index >= 15 is 0 Å². The third kappa shape index (κ3) is 2.26. The number of aromatic nitrogens is 5. The molecule has 22 heavy (non-hydrogen) atoms. The SMILES string of the molecule is COc1ncc(-n2cccn2)c(-c2cncnc2)c1C(=O)O. The molecular weight excluding hydrogens is 286 g/mol. The van der Waals surface area contributed by atoms with E-state index in [-0.39, 0.29) is 11.4 Å². The summed E-state index contributed by atoms with van der Waals surface area (Å²) in [6.45, 7) is 0. The Morgan fingerprint density at radius 1 is 1.27 bits per heavy atom. The highest BCUT2D eigenvalue weighted by Gasteiger charge is 2.24. The molecule has 0 aromatic carbocycles. The molecule has 0 aliphatic heterocycles. The third-order valence-electron chi connectivity index (χ3n) is 3.03. The number of nitrogens with zero attached hydrogens (tertiary/aromatic N) is 5. The third-order valence-corrected chi connectivity index (χ3v) is 3.03. The predicted molar refractivity (Wildman–Crippen MR) is 75.9 cm³/mol. The molecule has 0 atom stereocenters. The van der Waals surface area contributed by atoms with Crippen molar-refractivity contribution in [2.24, 2.45) is 0 Å². The quantitative estimate of drug-likeness (QED) is 0.776. The van der Waals surface area contributed by atoms with Crippen molar-refractivity contribution in [2.45, 2.75) is 0 Å². The van der Waals surface area contributed by atoms with Crippen LogP contribution in [0.4, 0.5) is 0 Å². The van der Waals surface area contributed by atoms with Crippen LogP contribution in [0.5, 0.6) is 5.88 Å². The van der Waals surface area contributed by atoms with Gasteiger partial charge < -0.3 is 9.84 Å². The van der Waals surface area contributed by atoms with E-state index in [1.54, 1.807) is 18.5 Å². The first-order chi connectivity index (χ1) is 10.7. The van der Waals surface area contributed by atoms with Gasteiger partial charge in [0.25, 0.3) is 0 Å². The lowest BCUT2D eigenvalue weighted by Gasteiger charge is -2.14. The standard InChI is InChI=1S/C14H11N5O3/c1-22-13-12(14(20)21)11(9-5-15-8-16-6-9)10(7-17-13)19-4-2-3-18-19/h2-8H,1H3,(H,20,21). The summed E-state index contributed by atoms with van der Waals surface area (Å²) in [6, 6.07) is 1.73. The number of hydrogen-bond donors (Lipinski definition) is 1. The van der Waals surface area contributed by atoms with Gasteiger partial charge in [-0.15, -0.1) is 0 Å². The Kier molecular flexibility index (Phi) is 3.48. The maximum Gasteiger partial charge on any atom is 0.341 e. The fraction of sp³-hybridized carbons (Fsp3) is 0.0714. The monoisotopic (exact) mass is 297 g/mol. The summed E-state index contributed by atoms with van der Waals surface area (Å²) >= 11 is 0. The maximum atomic E-state index is 11.7. The van der Waals surface area contributed by atoms with Crippen molar-refractivity contribution in [1.82, 2.24) is 24.7 Å². The summed E-state index contributed by atoms with van der Waals surface area (Å²) in [5.74, 6) is -1.14. The van der Waals surface area contributed by atoms with Gasteiger partial charge in [0, 0.05) is 35.9 Å². The molecule has 3 rings (SSSR count). The summed E-state index contributed by atoms with van der Waals surface area (Å²) in [5, 5.41) is 13.7. The zero-order valence-corrected chi connectivity index (χ0v) is 11.5. The molecule has 0 fully saturated rings. The molecule has 0 radical (unpaired) electrons. The average molecular weight is 297 g/mol. The van der Waals surface area contributed by atoms with Crippen molar-refractivity contribution in [3.05, 3.63) is 48.9 Å². The number of carboxylic acid groups (broad SMARTS) is 1. The van der Waals surface area contributed by atoms with E-state index in [2.05, 4.69) is 20.1 Å². The van der Waals surface area contributed by atoms with E-state index in [1.807, 2.05) is 0 Å². The van der Waals surface area contributed by atoms with E-state index in [0.29, 0.717) is 16.8 Å². The zero-order valence-electron chi connectivity index (χ0n) is 11.5. The minimum atomic E-state index is -1.16. The Morgan fingerprint density at radius 3 is 2.64 bits per heavy atom. The van der Waals surface area contributed by atoms with Crippen molar-refractivity contribution in [3.63, 3.8) is 0 Å². The number of hydrogen-bond acceptors (Lipinski definition) is 6. The van der Waals surface area contributed by atoms with E-state index in [1.165, 1.54) is 36.7 Å². The fourth-order valence-corrected chi connectivity index (χ4v) is 2.14. The number of ether oxygens (including phenoxy) is 1. The van der Waals surface area contributed by atoms with Crippen molar-refractivity contribution in [3.8, 4) is 22.7 Å². The van der Waals surface area contributed by atoms with E-state index in [9.17, 15) is 9.90 Å². The van der Waals surface area contributed by atoms with E-state index < -0.39 is 5.97 Å². The second-order valence-corrected chi connectivity index (χ2v) is 4.29. The Bertz CT molecular complexity index is 803. The van der Waals surface area contributed by atoms with Gasteiger partial charge in [-0.1, -0.05) is 0 Å². The van der Waals surface area contributed by atoms with Crippen molar-refractivity contribution in [1.29, 1.82) is 0 Å². The van der Waals surface area contributed by atoms with Crippen LogP contribution in [0.15, 0.2) is 43.4 Å². The van der Waals surface area contributed by atoms with Crippen LogP contribution in [0.3, 0.4) is 0 Å². The van der Waals surface area contributed by atoms with Gasteiger partial charge >= 0.3 is 5.97 Å². The van der Waals surface area contributed by atoms with Gasteiger partial charge in [0.15, 0.2) is 0 Å². The molecule has 8 heteroatoms. The summed E-state index contributed by atoms with van der Waals surface area (Å²) in [7, 11) is 1.37. The molecule has 0 unspecified atom stereocenters. The normalized spacial score (nSPS) is 10.4. The lowest BCUT2D eigenvalue weighted by atomic mass is 10.0. The van der Waals surface area contributed by atoms with Gasteiger partial charge in [0.1, 0.15) is 11.9 Å². The number of aromatic carboxylic acids is 1. The van der Waals surface area contributed by atoms with Crippen LogP contribution in [-0.2, 0) is 0 Å². The van der Waals surface area contributed by atoms with Crippen LogP contribution < -0.4 is 4.74 Å². The average Bonchev–Trinajstić information content (AvgIpc) is 3.08. The molecule has 0 bridgehead atoms. The first-order valence-electron chi connectivity index (χ1n) is 6.28. The molecule has 0 aliphatic carbocycles. The minimum absolute atomic E-state index is 0.0160. The van der Waals surface area contributed by atoms with Gasteiger partial charge in [-0.3, -0.25) is 0 Å². The van der Waals surface area contributed by atoms with Crippen LogP contribution in [0.25, 0.3) is 16.8 Å². The van der Waals surface area contributed by atoms with Gasteiger partial charge in [0.2, 0.25) is 5.88 Å². The number of carbonyl (C=O) groups is 1. The van der Waals surface area contributed by atoms with Crippen LogP contribution in [0, 0.1) is 0 Å². The van der Waals surface area contributed by atoms with Crippen molar-refractivity contribution >= 4 is 5.97 Å². The Hall–Kier alpha value is -3.29. The number of carboxylic acids is 1. The molecule has 1 N–H and O–H groups in total. The molecular formula is C14H11N5O3. The molecule has 0 spiro atoms. The summed E-state index contributed by atoms with van der Waals surface area (Å²) in [4.78, 5) is 23.7. The highest BCUT2D eigenvalue weighted by atomic mass is 16.5. The Balaban J connectivity index is 2.37. The topological polar surface area (TPSA) is 103 Å². The lowest BCUT2D eigenvalue weighted by molar-refractivity contribution is 0.0693. The first-order valence-corrected chi connectivity index (χ1v) is 6.28. The van der Waals surface area contributed by atoms with Crippen molar-refractivity contribution in [2.75, 3.05) is 7.11 Å². The van der Waals surface area contributed by atoms with Crippen molar-refractivity contribution < 1.29 is 14.6 Å². The van der Waals surface area contributed by atoms with Crippen LogP contribution in [-0.4, -0.2) is 42.9 Å². The maximum absolute atomic E-state index is 11.7. The smallest absolute Gasteiger partial charge is 0.341 e. The predicted octanol–water partition coefficient (Wildman–Crippen LogP) is 1.43. The van der Waals surface area contributed by atoms with Gasteiger partial charge in [-0.2, -0.15) is 5.10 Å². The van der Waals surface area contributed by atoms with E-state index in [4.69, 9.17) is 4.74 Å². The molecule has 3 heterocycles. The lowest BCUT2D eigenvalue weighted by Crippen LogP contribution is -2.09. The molecule has 0 amide bonds. The fourth-order valence-electron chi connectivity index (χ4n) is 2.14. The van der Waals surface area contributed by atoms with Crippen LogP contribution in [0.1, 0.15) is 10.4 Å². The summed E-state index contributed by atoms with van der Waals surface area (Å²) in [5.41, 5.74) is 1.36. The van der Waals surface area contributed by atoms with Gasteiger partial charge in [-0.05, 0) is 6.07 Å². The molecule has 0 saturated heterocycles. The second kappa shape index (κ2) is 5.60. The molecule has 0 saturated carbocycles. The Morgan fingerprint density at radius 2 is 2.05 bits per heavy atom. The Labute approximate surface area is 125 Å². The highest BCUT2D eigenvalue weighted by molar-refractivity contribution is 6.00. The van der Waals surface area contributed by atoms with E-state index in [0.717, 1.165) is 0 Å². The summed E-state index contributed by atoms with van der Waals surface area (Å²) < 4.78 is 6.61. The van der Waals surface area contributed by atoms with Crippen LogP contribution in [0.2, 0.25) is 0 Å². The number of rotatable bonds is 4. The number of pyridine rings is 1. The molecule has 110 valence electrons. The zero-order chi connectivity index (χ0) is 15.5. The molecule has 0 aliphatic rings. The molecule has 3 aromatic rings. The minimum Gasteiger partial charge on any atom is -0.480 e. The van der Waals surface area contributed by atoms with Gasteiger partial charge in [0.05, 0.1) is 19.0 Å². The first kappa shape index (κ1) is 13.7. The largest absolute Gasteiger partial charge is 0.480 e. The molecule has 8 nitrogen and oxygen atoms in total. The molecule has 3 aromatic heterocycles. The number of methoxy groups -OCH3 is 1. The highest BCUT2D eigenvalue weighted by Crippen LogP contribution is 2.33. The second-order valence-electron chi connectivity index (χ2n) is 4.29.